The standard InChI is InChI=1S/C23H21BrN2O6S/c1-14(2)32-21(28)12-26-22(29)19(33-23(26)30)11-15-8-9-18(17(24)10-15)31-13-20(27)25-16-6-4-3-5-7-16/h3-11,14H,12-13H2,1-2H3,(H,25,27)/b19-11+. The Labute approximate surface area is 203 Å². The SMILES string of the molecule is CC(C)OC(=O)CN1C(=O)S/C(=C/c2ccc(OCC(=O)Nc3ccccc3)c(Br)c2)C1=O. The molecule has 0 aliphatic carbocycles. The predicted molar refractivity (Wildman–Crippen MR) is 129 cm³/mol. The Bertz CT molecular complexity index is 1100. The lowest BCUT2D eigenvalue weighted by Gasteiger charge is -2.13. The maximum absolute atomic E-state index is 12.5. The molecule has 0 bridgehead atoms. The number of hydrogen-bond acceptors (Lipinski definition) is 7. The Morgan fingerprint density at radius 3 is 2.55 bits per heavy atom. The molecular weight excluding hydrogens is 512 g/mol. The van der Waals surface area contributed by atoms with Gasteiger partial charge in [0.05, 0.1) is 15.5 Å². The molecule has 0 saturated carbocycles. The number of esters is 1. The number of para-hydroxylation sites is 1. The summed E-state index contributed by atoms with van der Waals surface area (Å²) in [7, 11) is 0. The zero-order valence-corrected chi connectivity index (χ0v) is 20.3. The summed E-state index contributed by atoms with van der Waals surface area (Å²) < 4.78 is 11.1. The fourth-order valence-corrected chi connectivity index (χ4v) is 4.15. The van der Waals surface area contributed by atoms with Crippen LogP contribution in [0.25, 0.3) is 6.08 Å². The first-order valence-electron chi connectivity index (χ1n) is 9.95. The fourth-order valence-electron chi connectivity index (χ4n) is 2.80. The normalized spacial score (nSPS) is 14.7. The van der Waals surface area contributed by atoms with Gasteiger partial charge in [-0.2, -0.15) is 0 Å². The van der Waals surface area contributed by atoms with E-state index in [0.29, 0.717) is 21.5 Å². The van der Waals surface area contributed by atoms with Crippen LogP contribution in [0.15, 0.2) is 57.9 Å². The van der Waals surface area contributed by atoms with Crippen LogP contribution in [0.5, 0.6) is 5.75 Å². The summed E-state index contributed by atoms with van der Waals surface area (Å²) in [6.07, 6.45) is 1.21. The van der Waals surface area contributed by atoms with Crippen molar-refractivity contribution in [2.24, 2.45) is 0 Å². The van der Waals surface area contributed by atoms with Gasteiger partial charge in [-0.3, -0.25) is 24.1 Å². The molecule has 0 spiro atoms. The van der Waals surface area contributed by atoms with Crippen LogP contribution in [0.2, 0.25) is 0 Å². The van der Waals surface area contributed by atoms with Gasteiger partial charge in [-0.25, -0.2) is 0 Å². The molecule has 1 aliphatic heterocycles. The molecule has 1 aliphatic rings. The molecule has 0 unspecified atom stereocenters. The summed E-state index contributed by atoms with van der Waals surface area (Å²) in [6.45, 7) is 2.76. The highest BCUT2D eigenvalue weighted by Gasteiger charge is 2.36. The van der Waals surface area contributed by atoms with Crippen molar-refractivity contribution in [2.45, 2.75) is 20.0 Å². The maximum atomic E-state index is 12.5. The molecule has 1 saturated heterocycles. The lowest BCUT2D eigenvalue weighted by molar-refractivity contribution is -0.149. The van der Waals surface area contributed by atoms with Gasteiger partial charge >= 0.3 is 5.97 Å². The first-order chi connectivity index (χ1) is 15.7. The molecule has 8 nitrogen and oxygen atoms in total. The van der Waals surface area contributed by atoms with E-state index in [0.717, 1.165) is 16.7 Å². The van der Waals surface area contributed by atoms with Crippen molar-refractivity contribution in [1.82, 2.24) is 4.90 Å². The van der Waals surface area contributed by atoms with Crippen LogP contribution in [-0.2, 0) is 19.1 Å². The number of hydrogen-bond donors (Lipinski definition) is 1. The molecule has 1 N–H and O–H groups in total. The van der Waals surface area contributed by atoms with Crippen LogP contribution in [-0.4, -0.2) is 47.2 Å². The Balaban J connectivity index is 1.61. The average molecular weight is 533 g/mol. The molecule has 2 aromatic carbocycles. The molecule has 10 heteroatoms. The van der Waals surface area contributed by atoms with E-state index in [1.807, 2.05) is 18.2 Å². The van der Waals surface area contributed by atoms with E-state index in [9.17, 15) is 19.2 Å². The number of nitrogens with zero attached hydrogens (tertiary/aromatic N) is 1. The summed E-state index contributed by atoms with van der Waals surface area (Å²) >= 11 is 4.15. The van der Waals surface area contributed by atoms with E-state index < -0.39 is 23.7 Å². The smallest absolute Gasteiger partial charge is 0.326 e. The minimum atomic E-state index is -0.644. The number of rotatable bonds is 8. The van der Waals surface area contributed by atoms with Crippen molar-refractivity contribution in [3.8, 4) is 5.75 Å². The van der Waals surface area contributed by atoms with E-state index in [2.05, 4.69) is 21.2 Å². The molecule has 172 valence electrons. The van der Waals surface area contributed by atoms with Crippen LogP contribution >= 0.6 is 27.7 Å². The summed E-state index contributed by atoms with van der Waals surface area (Å²) in [4.78, 5) is 49.6. The lowest BCUT2D eigenvalue weighted by atomic mass is 10.2. The molecule has 3 amide bonds. The van der Waals surface area contributed by atoms with E-state index >= 15 is 0 Å². The van der Waals surface area contributed by atoms with Gasteiger partial charge in [-0.15, -0.1) is 0 Å². The average Bonchev–Trinajstić information content (AvgIpc) is 3.00. The van der Waals surface area contributed by atoms with Gasteiger partial charge in [0, 0.05) is 5.69 Å². The van der Waals surface area contributed by atoms with Crippen molar-refractivity contribution in [2.75, 3.05) is 18.5 Å². The maximum Gasteiger partial charge on any atom is 0.326 e. The van der Waals surface area contributed by atoms with Crippen molar-refractivity contribution < 1.29 is 28.7 Å². The molecule has 1 heterocycles. The third-order valence-electron chi connectivity index (χ3n) is 4.20. The number of ether oxygens (including phenoxy) is 2. The Hall–Kier alpha value is -3.11. The quantitative estimate of drug-likeness (QED) is 0.395. The molecule has 0 atom stereocenters. The number of thioether (sulfide) groups is 1. The van der Waals surface area contributed by atoms with Crippen LogP contribution in [0, 0.1) is 0 Å². The second kappa shape index (κ2) is 11.2. The zero-order valence-electron chi connectivity index (χ0n) is 17.9. The first kappa shape index (κ1) is 24.5. The highest BCUT2D eigenvalue weighted by Crippen LogP contribution is 2.33. The van der Waals surface area contributed by atoms with E-state index in [4.69, 9.17) is 9.47 Å². The second-order valence-corrected chi connectivity index (χ2v) is 9.05. The summed E-state index contributed by atoms with van der Waals surface area (Å²) in [5, 5.41) is 2.20. The van der Waals surface area contributed by atoms with Crippen LogP contribution < -0.4 is 10.1 Å². The van der Waals surface area contributed by atoms with Crippen LogP contribution in [0.3, 0.4) is 0 Å². The topological polar surface area (TPSA) is 102 Å². The number of amides is 3. The molecule has 2 aromatic rings. The predicted octanol–water partition coefficient (Wildman–Crippen LogP) is 4.45. The number of carbonyl (C=O) groups is 4. The number of carbonyl (C=O) groups excluding carboxylic acids is 4. The lowest BCUT2D eigenvalue weighted by Crippen LogP contribution is -2.35. The highest BCUT2D eigenvalue weighted by molar-refractivity contribution is 9.10. The minimum absolute atomic E-state index is 0.182. The molecular formula is C23H21BrN2O6S. The van der Waals surface area contributed by atoms with Crippen molar-refractivity contribution in [3.05, 3.63) is 63.5 Å². The third-order valence-corrected chi connectivity index (χ3v) is 5.73. The fraction of sp³-hybridized carbons (Fsp3) is 0.217. The summed E-state index contributed by atoms with van der Waals surface area (Å²) in [6, 6.07) is 14.1. The monoisotopic (exact) mass is 532 g/mol. The van der Waals surface area contributed by atoms with Crippen LogP contribution in [0.1, 0.15) is 19.4 Å². The number of nitrogens with one attached hydrogen (secondary N) is 1. The van der Waals surface area contributed by atoms with Gasteiger partial charge in [0.2, 0.25) is 0 Å². The molecule has 33 heavy (non-hydrogen) atoms. The summed E-state index contributed by atoms with van der Waals surface area (Å²) in [5.41, 5.74) is 1.31. The zero-order chi connectivity index (χ0) is 24.0. The molecule has 0 aromatic heterocycles. The summed E-state index contributed by atoms with van der Waals surface area (Å²) in [5.74, 6) is -1.06. The van der Waals surface area contributed by atoms with E-state index in [1.165, 1.54) is 0 Å². The van der Waals surface area contributed by atoms with Gasteiger partial charge in [-0.05, 0) is 77.4 Å². The number of halogens is 1. The van der Waals surface area contributed by atoms with E-state index in [1.54, 1.807) is 50.3 Å². The first-order valence-corrected chi connectivity index (χ1v) is 11.6. The van der Waals surface area contributed by atoms with Gasteiger partial charge in [0.25, 0.3) is 17.1 Å². The largest absolute Gasteiger partial charge is 0.483 e. The Morgan fingerprint density at radius 2 is 1.88 bits per heavy atom. The highest BCUT2D eigenvalue weighted by atomic mass is 79.9. The van der Waals surface area contributed by atoms with E-state index in [-0.39, 0.29) is 23.5 Å². The van der Waals surface area contributed by atoms with Gasteiger partial charge in [0.1, 0.15) is 12.3 Å². The third kappa shape index (κ3) is 6.93. The van der Waals surface area contributed by atoms with Crippen molar-refractivity contribution in [3.63, 3.8) is 0 Å². The Kier molecular flexibility index (Phi) is 8.29. The van der Waals surface area contributed by atoms with Gasteiger partial charge in [0.15, 0.2) is 6.61 Å². The number of anilines is 1. The Morgan fingerprint density at radius 1 is 1.15 bits per heavy atom. The van der Waals surface area contributed by atoms with Gasteiger partial charge in [-0.1, -0.05) is 24.3 Å². The minimum Gasteiger partial charge on any atom is -0.483 e. The molecule has 1 fully saturated rings. The van der Waals surface area contributed by atoms with Gasteiger partial charge < -0.3 is 14.8 Å². The van der Waals surface area contributed by atoms with Crippen molar-refractivity contribution in [1.29, 1.82) is 0 Å². The second-order valence-electron chi connectivity index (χ2n) is 7.20. The molecule has 0 radical (unpaired) electrons. The van der Waals surface area contributed by atoms with Crippen molar-refractivity contribution >= 4 is 62.5 Å². The molecule has 3 rings (SSSR count). The number of benzene rings is 2. The van der Waals surface area contributed by atoms with Crippen LogP contribution in [0.4, 0.5) is 10.5 Å². The number of imide groups is 1.